The van der Waals surface area contributed by atoms with Crippen LogP contribution in [0.2, 0.25) is 0 Å². The normalized spacial score (nSPS) is 12.4. The fraction of sp³-hybridized carbons (Fsp3) is 0.333. The van der Waals surface area contributed by atoms with Crippen molar-refractivity contribution in [3.63, 3.8) is 0 Å². The Morgan fingerprint density at radius 2 is 1.75 bits per heavy atom. The molecule has 0 spiro atoms. The Morgan fingerprint density at radius 1 is 1.00 bits per heavy atom. The number of alkyl halides is 1. The van der Waals surface area contributed by atoms with Gasteiger partial charge in [0.15, 0.2) is 0 Å². The summed E-state index contributed by atoms with van der Waals surface area (Å²) in [5.41, 5.74) is 6.08. The minimum atomic E-state index is -0.177. The fourth-order valence-corrected chi connectivity index (χ4v) is 3.45. The monoisotopic (exact) mass is 334 g/mol. The lowest BCUT2D eigenvalue weighted by molar-refractivity contribution is 0.626. The average Bonchev–Trinajstić information content (AvgIpc) is 2.46. The van der Waals surface area contributed by atoms with E-state index in [-0.39, 0.29) is 10.6 Å². The predicted octanol–water partition coefficient (Wildman–Crippen LogP) is 5.74. The maximum Gasteiger partial charge on any atom is 0.123 e. The Kier molecular flexibility index (Phi) is 4.98. The smallest absolute Gasteiger partial charge is 0.123 e. The highest BCUT2D eigenvalue weighted by atomic mass is 79.9. The Hall–Kier alpha value is -1.15. The second kappa shape index (κ2) is 6.53. The molecule has 0 aliphatic rings. The molecule has 0 N–H and O–H groups in total. The second-order valence-electron chi connectivity index (χ2n) is 5.10. The minimum absolute atomic E-state index is 0.115. The molecule has 0 aliphatic carbocycles. The maximum absolute atomic E-state index is 13.3. The molecule has 0 saturated carbocycles. The van der Waals surface area contributed by atoms with E-state index in [4.69, 9.17) is 0 Å². The van der Waals surface area contributed by atoms with Crippen molar-refractivity contribution < 1.29 is 4.39 Å². The Balaban J connectivity index is 2.48. The highest BCUT2D eigenvalue weighted by molar-refractivity contribution is 9.09. The molecule has 0 radical (unpaired) electrons. The van der Waals surface area contributed by atoms with Crippen LogP contribution in [0.1, 0.15) is 46.5 Å². The number of aryl methyl sites for hydroxylation is 3. The fourth-order valence-electron chi connectivity index (χ4n) is 2.51. The van der Waals surface area contributed by atoms with Gasteiger partial charge in [-0.25, -0.2) is 4.39 Å². The van der Waals surface area contributed by atoms with Crippen LogP contribution in [0.25, 0.3) is 0 Å². The maximum atomic E-state index is 13.3. The molecule has 2 aromatic rings. The number of hydrogen-bond acceptors (Lipinski definition) is 0. The van der Waals surface area contributed by atoms with Crippen molar-refractivity contribution in [2.24, 2.45) is 0 Å². The molecule has 2 heteroatoms. The van der Waals surface area contributed by atoms with Crippen molar-refractivity contribution in [2.75, 3.05) is 0 Å². The standard InChI is InChI=1S/C18H20BrF/c1-4-13-6-7-14(5-2)17(11-13)18(19)16-9-8-15(20)10-12(16)3/h6-11,18H,4-5H2,1-3H3. The number of rotatable bonds is 4. The molecule has 2 rings (SSSR count). The van der Waals surface area contributed by atoms with Crippen LogP contribution in [0.5, 0.6) is 0 Å². The van der Waals surface area contributed by atoms with Gasteiger partial charge in [0, 0.05) is 0 Å². The highest BCUT2D eigenvalue weighted by Crippen LogP contribution is 2.35. The van der Waals surface area contributed by atoms with Crippen LogP contribution in [0, 0.1) is 12.7 Å². The zero-order valence-electron chi connectivity index (χ0n) is 12.2. The van der Waals surface area contributed by atoms with Gasteiger partial charge in [0.1, 0.15) is 5.82 Å². The van der Waals surface area contributed by atoms with Crippen molar-refractivity contribution in [1.82, 2.24) is 0 Å². The molecule has 1 unspecified atom stereocenters. The summed E-state index contributed by atoms with van der Waals surface area (Å²) in [7, 11) is 0. The van der Waals surface area contributed by atoms with Gasteiger partial charge in [-0.15, -0.1) is 0 Å². The van der Waals surface area contributed by atoms with Crippen molar-refractivity contribution in [2.45, 2.75) is 38.4 Å². The summed E-state index contributed by atoms with van der Waals surface area (Å²) in [6.45, 7) is 6.29. The summed E-state index contributed by atoms with van der Waals surface area (Å²) in [5.74, 6) is -0.177. The summed E-state index contributed by atoms with van der Waals surface area (Å²) in [6.07, 6.45) is 2.03. The predicted molar refractivity (Wildman–Crippen MR) is 87.1 cm³/mol. The summed E-state index contributed by atoms with van der Waals surface area (Å²) >= 11 is 3.80. The third-order valence-corrected chi connectivity index (χ3v) is 4.76. The van der Waals surface area contributed by atoms with E-state index in [2.05, 4.69) is 48.0 Å². The van der Waals surface area contributed by atoms with Gasteiger partial charge in [0.2, 0.25) is 0 Å². The number of halogens is 2. The van der Waals surface area contributed by atoms with Crippen LogP contribution in [0.3, 0.4) is 0 Å². The molecule has 20 heavy (non-hydrogen) atoms. The van der Waals surface area contributed by atoms with Gasteiger partial charge in [-0.1, -0.05) is 54.0 Å². The number of benzene rings is 2. The first kappa shape index (κ1) is 15.2. The third kappa shape index (κ3) is 3.12. The average molecular weight is 335 g/mol. The second-order valence-corrected chi connectivity index (χ2v) is 6.02. The lowest BCUT2D eigenvalue weighted by Gasteiger charge is -2.18. The van der Waals surface area contributed by atoms with Crippen LogP contribution in [0.15, 0.2) is 36.4 Å². The van der Waals surface area contributed by atoms with Crippen LogP contribution in [-0.4, -0.2) is 0 Å². The molecule has 2 aromatic carbocycles. The van der Waals surface area contributed by atoms with E-state index >= 15 is 0 Å². The molecule has 0 aliphatic heterocycles. The van der Waals surface area contributed by atoms with Gasteiger partial charge < -0.3 is 0 Å². The van der Waals surface area contributed by atoms with Gasteiger partial charge in [0.25, 0.3) is 0 Å². The largest absolute Gasteiger partial charge is 0.207 e. The lowest BCUT2D eigenvalue weighted by atomic mass is 9.93. The van der Waals surface area contributed by atoms with E-state index in [0.29, 0.717) is 0 Å². The highest BCUT2D eigenvalue weighted by Gasteiger charge is 2.16. The molecule has 0 saturated heterocycles. The Labute approximate surface area is 129 Å². The first-order chi connectivity index (χ1) is 9.56. The molecule has 1 atom stereocenters. The third-order valence-electron chi connectivity index (χ3n) is 3.78. The molecule has 0 amide bonds. The van der Waals surface area contributed by atoms with Gasteiger partial charge in [0.05, 0.1) is 4.83 Å². The zero-order valence-corrected chi connectivity index (χ0v) is 13.8. The quantitative estimate of drug-likeness (QED) is 0.625. The van der Waals surface area contributed by atoms with Gasteiger partial charge in [-0.3, -0.25) is 0 Å². The van der Waals surface area contributed by atoms with Crippen LogP contribution in [-0.2, 0) is 12.8 Å². The Morgan fingerprint density at radius 3 is 2.35 bits per heavy atom. The molecule has 0 heterocycles. The van der Waals surface area contributed by atoms with E-state index in [1.165, 1.54) is 22.8 Å². The first-order valence-corrected chi connectivity index (χ1v) is 8.00. The van der Waals surface area contributed by atoms with Crippen molar-refractivity contribution >= 4 is 15.9 Å². The summed E-state index contributed by atoms with van der Waals surface area (Å²) in [6, 6.07) is 11.7. The molecule has 0 bridgehead atoms. The SMILES string of the molecule is CCc1ccc(CC)c(C(Br)c2ccc(F)cc2C)c1. The van der Waals surface area contributed by atoms with Crippen LogP contribution in [0.4, 0.5) is 4.39 Å². The zero-order chi connectivity index (χ0) is 14.7. The van der Waals surface area contributed by atoms with Gasteiger partial charge in [-0.2, -0.15) is 0 Å². The van der Waals surface area contributed by atoms with Gasteiger partial charge >= 0.3 is 0 Å². The molecule has 0 fully saturated rings. The Bertz CT molecular complexity index is 604. The van der Waals surface area contributed by atoms with E-state index in [9.17, 15) is 4.39 Å². The molecular weight excluding hydrogens is 315 g/mol. The molecule has 0 aromatic heterocycles. The summed E-state index contributed by atoms with van der Waals surface area (Å²) in [5, 5.41) is 0. The van der Waals surface area contributed by atoms with Crippen molar-refractivity contribution in [3.05, 3.63) is 70.0 Å². The molecular formula is C18H20BrF. The minimum Gasteiger partial charge on any atom is -0.207 e. The topological polar surface area (TPSA) is 0 Å². The van der Waals surface area contributed by atoms with Crippen LogP contribution >= 0.6 is 15.9 Å². The lowest BCUT2D eigenvalue weighted by Crippen LogP contribution is -2.01. The summed E-state index contributed by atoms with van der Waals surface area (Å²) < 4.78 is 13.3. The van der Waals surface area contributed by atoms with E-state index < -0.39 is 0 Å². The van der Waals surface area contributed by atoms with Crippen LogP contribution < -0.4 is 0 Å². The molecule has 0 nitrogen and oxygen atoms in total. The van der Waals surface area contributed by atoms with Crippen molar-refractivity contribution in [1.29, 1.82) is 0 Å². The van der Waals surface area contributed by atoms with E-state index in [0.717, 1.165) is 24.0 Å². The van der Waals surface area contributed by atoms with Gasteiger partial charge in [-0.05, 0) is 59.7 Å². The molecule has 106 valence electrons. The summed E-state index contributed by atoms with van der Waals surface area (Å²) in [4.78, 5) is 0.115. The van der Waals surface area contributed by atoms with E-state index in [1.54, 1.807) is 6.07 Å². The van der Waals surface area contributed by atoms with Crippen molar-refractivity contribution in [3.8, 4) is 0 Å². The number of hydrogen-bond donors (Lipinski definition) is 0. The first-order valence-electron chi connectivity index (χ1n) is 7.08. The van der Waals surface area contributed by atoms with E-state index in [1.807, 2.05) is 13.0 Å².